The van der Waals surface area contributed by atoms with E-state index in [1.54, 1.807) is 23.9 Å². The second-order valence-electron chi connectivity index (χ2n) is 7.21. The Hall–Kier alpha value is -3.36. The molecule has 0 saturated carbocycles. The zero-order valence-corrected chi connectivity index (χ0v) is 19.5. The number of hydrogen-bond acceptors (Lipinski definition) is 6. The first-order valence-electron chi connectivity index (χ1n) is 9.77. The fraction of sp³-hybridized carbons (Fsp3) is 0.174. The summed E-state index contributed by atoms with van der Waals surface area (Å²) in [5, 5.41) is 18.9. The van der Waals surface area contributed by atoms with Gasteiger partial charge in [-0.15, -0.1) is 11.3 Å². The molecule has 32 heavy (non-hydrogen) atoms. The minimum atomic E-state index is -1.08. The number of carboxylic acids is 1. The Bertz CT molecular complexity index is 1330. The van der Waals surface area contributed by atoms with E-state index < -0.39 is 5.97 Å². The topological polar surface area (TPSA) is 89.3 Å². The second kappa shape index (κ2) is 8.64. The summed E-state index contributed by atoms with van der Waals surface area (Å²) in [6, 6.07) is 12.6. The van der Waals surface area contributed by atoms with Crippen LogP contribution in [0.1, 0.15) is 26.5 Å². The smallest absolute Gasteiger partial charge is 0.337 e. The number of anilines is 2. The average molecular weight is 469 g/mol. The zero-order valence-electron chi connectivity index (χ0n) is 17.9. The Balaban J connectivity index is 1.97. The lowest BCUT2D eigenvalue weighted by Crippen LogP contribution is -2.08. The van der Waals surface area contributed by atoms with Gasteiger partial charge in [-0.3, -0.25) is 0 Å². The summed E-state index contributed by atoms with van der Waals surface area (Å²) < 4.78 is 7.16. The van der Waals surface area contributed by atoms with Gasteiger partial charge >= 0.3 is 5.97 Å². The van der Waals surface area contributed by atoms with Gasteiger partial charge in [-0.2, -0.15) is 5.10 Å². The van der Waals surface area contributed by atoms with Gasteiger partial charge in [0.05, 0.1) is 40.2 Å². The second-order valence-corrected chi connectivity index (χ2v) is 8.85. The number of para-hydroxylation sites is 1. The lowest BCUT2D eigenvalue weighted by Gasteiger charge is -2.15. The van der Waals surface area contributed by atoms with Crippen LogP contribution in [-0.4, -0.2) is 33.0 Å². The minimum Gasteiger partial charge on any atom is -0.480 e. The normalized spacial score (nSPS) is 10.9. The van der Waals surface area contributed by atoms with Crippen LogP contribution in [0.25, 0.3) is 16.3 Å². The van der Waals surface area contributed by atoms with Crippen molar-refractivity contribution in [2.45, 2.75) is 20.8 Å². The van der Waals surface area contributed by atoms with E-state index in [1.165, 1.54) is 17.4 Å². The number of nitrogens with one attached hydrogen (secondary N) is 1. The van der Waals surface area contributed by atoms with Gasteiger partial charge in [-0.1, -0.05) is 29.8 Å². The third kappa shape index (κ3) is 3.94. The molecule has 4 rings (SSSR count). The zero-order chi connectivity index (χ0) is 23.0. The number of aryl methyl sites for hydroxylation is 3. The van der Waals surface area contributed by atoms with Crippen molar-refractivity contribution in [2.24, 2.45) is 0 Å². The number of methoxy groups -OCH3 is 1. The molecule has 0 aliphatic heterocycles. The lowest BCUT2D eigenvalue weighted by atomic mass is 10.1. The van der Waals surface area contributed by atoms with Crippen LogP contribution in [0.2, 0.25) is 5.02 Å². The molecule has 0 aliphatic carbocycles. The average Bonchev–Trinajstić information content (AvgIpc) is 3.28. The molecule has 7 nitrogen and oxygen atoms in total. The number of nitrogens with zero attached hydrogens (tertiary/aromatic N) is 3. The molecular formula is C23H21ClN4O3S. The highest BCUT2D eigenvalue weighted by Gasteiger charge is 2.24. The Morgan fingerprint density at radius 3 is 2.59 bits per heavy atom. The summed E-state index contributed by atoms with van der Waals surface area (Å²) in [4.78, 5) is 17.4. The van der Waals surface area contributed by atoms with Crippen molar-refractivity contribution in [3.63, 3.8) is 0 Å². The van der Waals surface area contributed by atoms with Gasteiger partial charge < -0.3 is 15.2 Å². The first kappa shape index (κ1) is 21.9. The predicted octanol–water partition coefficient (Wildman–Crippen LogP) is 6.02. The van der Waals surface area contributed by atoms with Crippen molar-refractivity contribution in [1.82, 2.24) is 14.8 Å². The molecule has 0 saturated heterocycles. The Labute approximate surface area is 194 Å². The van der Waals surface area contributed by atoms with Gasteiger partial charge in [0.25, 0.3) is 0 Å². The molecule has 0 fully saturated rings. The van der Waals surface area contributed by atoms with Crippen molar-refractivity contribution < 1.29 is 14.6 Å². The van der Waals surface area contributed by atoms with Gasteiger partial charge in [0.1, 0.15) is 10.8 Å². The Morgan fingerprint density at radius 2 is 1.94 bits per heavy atom. The van der Waals surface area contributed by atoms with Crippen molar-refractivity contribution >= 4 is 40.4 Å². The molecule has 2 heterocycles. The van der Waals surface area contributed by atoms with Crippen LogP contribution in [0.5, 0.6) is 5.88 Å². The summed E-state index contributed by atoms with van der Waals surface area (Å²) in [7, 11) is 1.58. The highest BCUT2D eigenvalue weighted by Crippen LogP contribution is 2.40. The highest BCUT2D eigenvalue weighted by atomic mass is 35.5. The predicted molar refractivity (Wildman–Crippen MR) is 127 cm³/mol. The van der Waals surface area contributed by atoms with Crippen LogP contribution < -0.4 is 10.1 Å². The molecule has 0 bridgehead atoms. The number of hydrogen-bond donors (Lipinski definition) is 2. The largest absolute Gasteiger partial charge is 0.480 e. The van der Waals surface area contributed by atoms with Crippen molar-refractivity contribution in [1.29, 1.82) is 0 Å². The van der Waals surface area contributed by atoms with E-state index >= 15 is 0 Å². The standard InChI is InChI=1S/C23H21ClN4O3S/c1-12-7-5-6-8-18(12)28-20(25-17-10-9-15(24)11-16(17)23(29)30)19(13(2)27-28)22-26-21(31-4)14(3)32-22/h5-11,25H,1-4H3,(H,29,30). The molecule has 0 aliphatic rings. The molecule has 0 radical (unpaired) electrons. The van der Waals surface area contributed by atoms with E-state index in [-0.39, 0.29) is 5.56 Å². The third-order valence-corrected chi connectivity index (χ3v) is 6.24. The summed E-state index contributed by atoms with van der Waals surface area (Å²) in [5.74, 6) is 0.0803. The maximum atomic E-state index is 11.9. The number of aromatic carboxylic acids is 1. The minimum absolute atomic E-state index is 0.0616. The maximum absolute atomic E-state index is 11.9. The number of halogens is 1. The number of aromatic nitrogens is 3. The van der Waals surface area contributed by atoms with Crippen LogP contribution >= 0.6 is 22.9 Å². The molecule has 9 heteroatoms. The van der Waals surface area contributed by atoms with Gasteiger partial charge in [-0.25, -0.2) is 14.5 Å². The lowest BCUT2D eigenvalue weighted by molar-refractivity contribution is 0.0698. The summed E-state index contributed by atoms with van der Waals surface area (Å²) in [6.07, 6.45) is 0. The molecule has 2 N–H and O–H groups in total. The molecule has 0 atom stereocenters. The number of benzene rings is 2. The summed E-state index contributed by atoms with van der Waals surface area (Å²) >= 11 is 7.54. The third-order valence-electron chi connectivity index (χ3n) is 5.03. The monoisotopic (exact) mass is 468 g/mol. The van der Waals surface area contributed by atoms with Crippen LogP contribution in [0.15, 0.2) is 42.5 Å². The molecule has 2 aromatic carbocycles. The van der Waals surface area contributed by atoms with Crippen LogP contribution in [0.3, 0.4) is 0 Å². The quantitative estimate of drug-likeness (QED) is 0.359. The van der Waals surface area contributed by atoms with Crippen molar-refractivity contribution in [3.8, 4) is 22.1 Å². The number of ether oxygens (including phenoxy) is 1. The van der Waals surface area contributed by atoms with Crippen molar-refractivity contribution in [2.75, 3.05) is 12.4 Å². The van der Waals surface area contributed by atoms with Gasteiger partial charge in [-0.05, 0) is 50.6 Å². The number of carboxylic acid groups (broad SMARTS) is 1. The molecule has 2 aromatic heterocycles. The number of rotatable bonds is 6. The van der Waals surface area contributed by atoms with Crippen molar-refractivity contribution in [3.05, 3.63) is 69.2 Å². The Morgan fingerprint density at radius 1 is 1.19 bits per heavy atom. The van der Waals surface area contributed by atoms with Crippen LogP contribution in [0, 0.1) is 20.8 Å². The highest BCUT2D eigenvalue weighted by molar-refractivity contribution is 7.15. The molecule has 0 spiro atoms. The molecule has 164 valence electrons. The van der Waals surface area contributed by atoms with Gasteiger partial charge in [0, 0.05) is 5.02 Å². The van der Waals surface area contributed by atoms with Crippen LogP contribution in [0.4, 0.5) is 11.5 Å². The Kier molecular flexibility index (Phi) is 5.90. The summed E-state index contributed by atoms with van der Waals surface area (Å²) in [5.41, 5.74) is 3.88. The van der Waals surface area contributed by atoms with Crippen LogP contribution in [-0.2, 0) is 0 Å². The molecular weight excluding hydrogens is 448 g/mol. The van der Waals surface area contributed by atoms with E-state index in [2.05, 4.69) is 10.3 Å². The maximum Gasteiger partial charge on any atom is 0.337 e. The molecule has 0 amide bonds. The molecule has 0 unspecified atom stereocenters. The van der Waals surface area contributed by atoms with Gasteiger partial charge in [0.15, 0.2) is 0 Å². The van der Waals surface area contributed by atoms with E-state index in [0.29, 0.717) is 22.4 Å². The van der Waals surface area contributed by atoms with Gasteiger partial charge in [0.2, 0.25) is 5.88 Å². The fourth-order valence-electron chi connectivity index (χ4n) is 3.48. The SMILES string of the molecule is COc1nc(-c2c(C)nn(-c3ccccc3C)c2Nc2ccc(Cl)cc2C(=O)O)sc1C. The fourth-order valence-corrected chi connectivity index (χ4v) is 4.64. The van der Waals surface area contributed by atoms with E-state index in [4.69, 9.17) is 21.4 Å². The molecule has 4 aromatic rings. The van der Waals surface area contributed by atoms with E-state index in [0.717, 1.165) is 32.4 Å². The van der Waals surface area contributed by atoms with E-state index in [9.17, 15) is 9.90 Å². The summed E-state index contributed by atoms with van der Waals surface area (Å²) in [6.45, 7) is 5.84. The van der Waals surface area contributed by atoms with E-state index in [1.807, 2.05) is 45.0 Å². The first-order valence-corrected chi connectivity index (χ1v) is 11.0. The first-order chi connectivity index (χ1) is 15.3. The number of thiazole rings is 1. The number of carbonyl (C=O) groups is 1.